The molecule has 1 heteroatoms. The molecule has 0 bridgehead atoms. The molecule has 1 unspecified atom stereocenters. The summed E-state index contributed by atoms with van der Waals surface area (Å²) in [5.41, 5.74) is 1.46. The third-order valence-corrected chi connectivity index (χ3v) is 1.96. The second-order valence-corrected chi connectivity index (χ2v) is 3.13. The van der Waals surface area contributed by atoms with E-state index in [9.17, 15) is 0 Å². The lowest BCUT2D eigenvalue weighted by molar-refractivity contribution is 0.552. The maximum absolute atomic E-state index is 3.41. The van der Waals surface area contributed by atoms with Crippen LogP contribution in [0.4, 0.5) is 0 Å². The van der Waals surface area contributed by atoms with Gasteiger partial charge in [0.1, 0.15) is 0 Å². The van der Waals surface area contributed by atoms with Crippen molar-refractivity contribution >= 4 is 0 Å². The summed E-state index contributed by atoms with van der Waals surface area (Å²) in [5.74, 6) is 0.794. The number of hydrogen-bond donors (Lipinski definition) is 1. The van der Waals surface area contributed by atoms with E-state index in [0.29, 0.717) is 0 Å². The minimum atomic E-state index is 0.794. The lowest BCUT2D eigenvalue weighted by Gasteiger charge is -2.19. The molecule has 1 aliphatic heterocycles. The van der Waals surface area contributed by atoms with Crippen molar-refractivity contribution in [2.75, 3.05) is 6.54 Å². The van der Waals surface area contributed by atoms with Crippen LogP contribution in [0.15, 0.2) is 11.8 Å². The maximum atomic E-state index is 3.41. The van der Waals surface area contributed by atoms with Gasteiger partial charge < -0.3 is 5.32 Å². The van der Waals surface area contributed by atoms with Crippen molar-refractivity contribution in [3.63, 3.8) is 0 Å². The highest BCUT2D eigenvalue weighted by molar-refractivity contribution is 5.04. The molecule has 0 spiro atoms. The van der Waals surface area contributed by atoms with E-state index >= 15 is 0 Å². The zero-order valence-corrected chi connectivity index (χ0v) is 6.98. The van der Waals surface area contributed by atoms with E-state index in [0.717, 1.165) is 5.92 Å². The summed E-state index contributed by atoms with van der Waals surface area (Å²) in [6.45, 7) is 5.69. The van der Waals surface area contributed by atoms with E-state index in [1.165, 1.54) is 31.5 Å². The molecule has 0 aliphatic carbocycles. The fourth-order valence-electron chi connectivity index (χ4n) is 1.39. The fourth-order valence-corrected chi connectivity index (χ4v) is 1.39. The van der Waals surface area contributed by atoms with E-state index in [2.05, 4.69) is 25.2 Å². The van der Waals surface area contributed by atoms with Gasteiger partial charge >= 0.3 is 0 Å². The molecule has 0 aromatic rings. The minimum absolute atomic E-state index is 0.794. The topological polar surface area (TPSA) is 12.0 Å². The Morgan fingerprint density at radius 1 is 1.70 bits per heavy atom. The van der Waals surface area contributed by atoms with Gasteiger partial charge in [-0.05, 0) is 18.8 Å². The molecule has 1 rings (SSSR count). The second kappa shape index (κ2) is 3.65. The summed E-state index contributed by atoms with van der Waals surface area (Å²) in [6, 6.07) is 0. The van der Waals surface area contributed by atoms with Crippen molar-refractivity contribution in [2.24, 2.45) is 5.92 Å². The number of rotatable bonds is 2. The van der Waals surface area contributed by atoms with E-state index < -0.39 is 0 Å². The van der Waals surface area contributed by atoms with Gasteiger partial charge in [0.15, 0.2) is 0 Å². The van der Waals surface area contributed by atoms with Gasteiger partial charge in [-0.3, -0.25) is 0 Å². The van der Waals surface area contributed by atoms with Crippen molar-refractivity contribution in [1.82, 2.24) is 5.32 Å². The van der Waals surface area contributed by atoms with Crippen molar-refractivity contribution in [3.05, 3.63) is 11.8 Å². The second-order valence-electron chi connectivity index (χ2n) is 3.13. The Morgan fingerprint density at radius 2 is 2.50 bits per heavy atom. The van der Waals surface area contributed by atoms with Crippen molar-refractivity contribution < 1.29 is 0 Å². The molecule has 0 amide bonds. The first-order valence-corrected chi connectivity index (χ1v) is 4.27. The first-order valence-electron chi connectivity index (χ1n) is 4.27. The Labute approximate surface area is 63.5 Å². The molecule has 1 aliphatic rings. The Kier molecular flexibility index (Phi) is 2.79. The van der Waals surface area contributed by atoms with Crippen LogP contribution < -0.4 is 5.32 Å². The summed E-state index contributed by atoms with van der Waals surface area (Å²) >= 11 is 0. The third kappa shape index (κ3) is 2.05. The summed E-state index contributed by atoms with van der Waals surface area (Å²) in [7, 11) is 0. The summed E-state index contributed by atoms with van der Waals surface area (Å²) in [4.78, 5) is 0. The van der Waals surface area contributed by atoms with Gasteiger partial charge in [0.05, 0.1) is 0 Å². The molecule has 1 atom stereocenters. The predicted molar refractivity (Wildman–Crippen MR) is 44.8 cm³/mol. The first kappa shape index (κ1) is 7.64. The van der Waals surface area contributed by atoms with Gasteiger partial charge in [-0.15, -0.1) is 0 Å². The zero-order chi connectivity index (χ0) is 7.40. The molecule has 0 radical (unpaired) electrons. The largest absolute Gasteiger partial charge is 0.389 e. The molecule has 0 saturated carbocycles. The van der Waals surface area contributed by atoms with Gasteiger partial charge in [0.2, 0.25) is 0 Å². The Balaban J connectivity index is 2.41. The van der Waals surface area contributed by atoms with Gasteiger partial charge in [-0.1, -0.05) is 26.3 Å². The monoisotopic (exact) mass is 139 g/mol. The lowest BCUT2D eigenvalue weighted by Crippen LogP contribution is -2.22. The van der Waals surface area contributed by atoms with Crippen LogP contribution in [-0.2, 0) is 0 Å². The number of nitrogens with one attached hydrogen (secondary N) is 1. The molecule has 0 aromatic carbocycles. The molecular weight excluding hydrogens is 122 g/mol. The summed E-state index contributed by atoms with van der Waals surface area (Å²) in [6.07, 6.45) is 6.15. The molecule has 0 saturated heterocycles. The van der Waals surface area contributed by atoms with Crippen LogP contribution in [0.25, 0.3) is 0 Å². The third-order valence-electron chi connectivity index (χ3n) is 1.96. The van der Waals surface area contributed by atoms with Crippen LogP contribution in [0.1, 0.15) is 33.1 Å². The van der Waals surface area contributed by atoms with Crippen molar-refractivity contribution in [2.45, 2.75) is 33.1 Å². The molecule has 1 nitrogen and oxygen atoms in total. The van der Waals surface area contributed by atoms with Gasteiger partial charge in [-0.2, -0.15) is 0 Å². The smallest absolute Gasteiger partial charge is 0.0149 e. The van der Waals surface area contributed by atoms with Crippen LogP contribution in [-0.4, -0.2) is 6.54 Å². The number of allylic oxidation sites excluding steroid dienone is 2. The average molecular weight is 139 g/mol. The normalized spacial score (nSPS) is 25.4. The highest BCUT2D eigenvalue weighted by Crippen LogP contribution is 2.13. The molecule has 0 fully saturated rings. The predicted octanol–water partition coefficient (Wildman–Crippen LogP) is 2.30. The minimum Gasteiger partial charge on any atom is -0.389 e. The van der Waals surface area contributed by atoms with Crippen molar-refractivity contribution in [1.29, 1.82) is 0 Å². The molecular formula is C9H17N. The lowest BCUT2D eigenvalue weighted by atomic mass is 10.0. The molecule has 10 heavy (non-hydrogen) atoms. The maximum Gasteiger partial charge on any atom is 0.0149 e. The van der Waals surface area contributed by atoms with E-state index in [1.807, 2.05) is 0 Å². The Hall–Kier alpha value is -0.460. The van der Waals surface area contributed by atoms with E-state index in [-0.39, 0.29) is 0 Å². The van der Waals surface area contributed by atoms with Crippen LogP contribution in [0.5, 0.6) is 0 Å². The molecule has 1 N–H and O–H groups in total. The SMILES string of the molecule is CCCC1=CC(C)CCN1. The highest BCUT2D eigenvalue weighted by Gasteiger charge is 2.06. The summed E-state index contributed by atoms with van der Waals surface area (Å²) in [5, 5.41) is 3.41. The molecule has 0 aromatic heterocycles. The molecule has 1 heterocycles. The zero-order valence-electron chi connectivity index (χ0n) is 6.98. The average Bonchev–Trinajstić information content (AvgIpc) is 1.88. The van der Waals surface area contributed by atoms with E-state index in [1.54, 1.807) is 0 Å². The van der Waals surface area contributed by atoms with Crippen LogP contribution >= 0.6 is 0 Å². The van der Waals surface area contributed by atoms with Crippen LogP contribution in [0, 0.1) is 5.92 Å². The van der Waals surface area contributed by atoms with Crippen LogP contribution in [0.3, 0.4) is 0 Å². The highest BCUT2D eigenvalue weighted by atomic mass is 14.9. The Bertz CT molecular complexity index is 127. The van der Waals surface area contributed by atoms with Gasteiger partial charge in [0.25, 0.3) is 0 Å². The van der Waals surface area contributed by atoms with E-state index in [4.69, 9.17) is 0 Å². The molecule has 58 valence electrons. The quantitative estimate of drug-likeness (QED) is 0.619. The fraction of sp³-hybridized carbons (Fsp3) is 0.778. The first-order chi connectivity index (χ1) is 4.83. The van der Waals surface area contributed by atoms with Gasteiger partial charge in [0, 0.05) is 12.2 Å². The standard InChI is InChI=1S/C9H17N/c1-3-4-9-7-8(2)5-6-10-9/h7-8,10H,3-6H2,1-2H3. The summed E-state index contributed by atoms with van der Waals surface area (Å²) < 4.78 is 0. The van der Waals surface area contributed by atoms with Gasteiger partial charge in [-0.25, -0.2) is 0 Å². The number of hydrogen-bond acceptors (Lipinski definition) is 1. The Morgan fingerprint density at radius 3 is 3.10 bits per heavy atom. The van der Waals surface area contributed by atoms with Crippen LogP contribution in [0.2, 0.25) is 0 Å². The van der Waals surface area contributed by atoms with Crippen molar-refractivity contribution in [3.8, 4) is 0 Å².